The van der Waals surface area contributed by atoms with E-state index in [-0.39, 0.29) is 0 Å². The topological polar surface area (TPSA) is 3.88 Å². The molecular weight excluding hydrogens is 158 g/mol. The molecule has 13 heavy (non-hydrogen) atoms. The molecule has 0 saturated heterocycles. The molecule has 0 bridgehead atoms. The van der Waals surface area contributed by atoms with Crippen LogP contribution in [0.4, 0.5) is 0 Å². The van der Waals surface area contributed by atoms with Gasteiger partial charge in [-0.2, -0.15) is 4.57 Å². The zero-order valence-corrected chi connectivity index (χ0v) is 7.64. The van der Waals surface area contributed by atoms with Crippen molar-refractivity contribution in [3.05, 3.63) is 60.4 Å². The number of nitrogens with zero attached hydrogens (tertiary/aromatic N) is 1. The van der Waals surface area contributed by atoms with Gasteiger partial charge in [-0.3, -0.25) is 0 Å². The third-order valence-corrected chi connectivity index (χ3v) is 2.11. The smallest absolute Gasteiger partial charge is 0.167 e. The molecule has 64 valence electrons. The molecule has 0 saturated carbocycles. The van der Waals surface area contributed by atoms with Gasteiger partial charge in [0, 0.05) is 23.8 Å². The van der Waals surface area contributed by atoms with Crippen molar-refractivity contribution in [1.29, 1.82) is 0 Å². The number of hydrogen-bond donors (Lipinski definition) is 0. The van der Waals surface area contributed by atoms with Crippen LogP contribution in [0.2, 0.25) is 0 Å². The Morgan fingerprint density at radius 3 is 2.23 bits per heavy atom. The maximum atomic E-state index is 2.12. The Labute approximate surface area is 78.3 Å². The third kappa shape index (κ3) is 1.59. The Hall–Kier alpha value is -1.63. The van der Waals surface area contributed by atoms with Crippen LogP contribution in [0.3, 0.4) is 0 Å². The monoisotopic (exact) mass is 170 g/mol. The van der Waals surface area contributed by atoms with Gasteiger partial charge in [0.05, 0.1) is 0 Å². The lowest BCUT2D eigenvalue weighted by molar-refractivity contribution is -0.596. The van der Waals surface area contributed by atoms with Crippen molar-refractivity contribution in [3.8, 4) is 5.69 Å². The van der Waals surface area contributed by atoms with Gasteiger partial charge in [-0.15, -0.1) is 0 Å². The van der Waals surface area contributed by atoms with Gasteiger partial charge in [-0.25, -0.2) is 0 Å². The number of aryl methyl sites for hydroxylation is 1. The van der Waals surface area contributed by atoms with Crippen LogP contribution in [0.15, 0.2) is 54.9 Å². The molecule has 0 atom stereocenters. The Bertz CT molecular complexity index is 393. The molecule has 2 rings (SSSR count). The highest BCUT2D eigenvalue weighted by Crippen LogP contribution is 2.05. The largest absolute Gasteiger partial charge is 0.213 e. The lowest BCUT2D eigenvalue weighted by Gasteiger charge is -1.97. The minimum Gasteiger partial charge on any atom is -0.167 e. The normalized spacial score (nSPS) is 9.92. The zero-order chi connectivity index (χ0) is 9.10. The molecule has 0 unspecified atom stereocenters. The first-order valence-corrected chi connectivity index (χ1v) is 4.40. The second-order valence-electron chi connectivity index (χ2n) is 3.07. The highest BCUT2D eigenvalue weighted by Gasteiger charge is 2.05. The molecule has 0 aliphatic carbocycles. The number of rotatable bonds is 1. The lowest BCUT2D eigenvalue weighted by atomic mass is 10.2. The first-order chi connectivity index (χ1) is 6.38. The Morgan fingerprint density at radius 1 is 0.846 bits per heavy atom. The predicted molar refractivity (Wildman–Crippen MR) is 52.7 cm³/mol. The van der Waals surface area contributed by atoms with Crippen LogP contribution in [-0.2, 0) is 0 Å². The van der Waals surface area contributed by atoms with Crippen molar-refractivity contribution in [2.24, 2.45) is 0 Å². The number of hydrogen-bond acceptors (Lipinski definition) is 0. The van der Waals surface area contributed by atoms with Gasteiger partial charge in [0.25, 0.3) is 0 Å². The zero-order valence-electron chi connectivity index (χ0n) is 7.64. The van der Waals surface area contributed by atoms with Crippen molar-refractivity contribution in [1.82, 2.24) is 0 Å². The summed E-state index contributed by atoms with van der Waals surface area (Å²) < 4.78 is 2.12. The summed E-state index contributed by atoms with van der Waals surface area (Å²) in [6, 6.07) is 14.4. The SMILES string of the molecule is Cc1ccccc1-[n+]1ccccc1. The van der Waals surface area contributed by atoms with Gasteiger partial charge >= 0.3 is 0 Å². The van der Waals surface area contributed by atoms with Gasteiger partial charge in [-0.1, -0.05) is 24.3 Å². The van der Waals surface area contributed by atoms with E-state index >= 15 is 0 Å². The summed E-state index contributed by atoms with van der Waals surface area (Å²) in [6.07, 6.45) is 4.12. The van der Waals surface area contributed by atoms with Crippen molar-refractivity contribution in [3.63, 3.8) is 0 Å². The second kappa shape index (κ2) is 3.40. The van der Waals surface area contributed by atoms with Gasteiger partial charge in [0.2, 0.25) is 5.69 Å². The molecule has 0 N–H and O–H groups in total. The summed E-state index contributed by atoms with van der Waals surface area (Å²) in [5.41, 5.74) is 2.53. The molecule has 1 nitrogen and oxygen atoms in total. The number of aromatic nitrogens is 1. The van der Waals surface area contributed by atoms with Crippen LogP contribution in [0.25, 0.3) is 5.69 Å². The van der Waals surface area contributed by atoms with Crippen molar-refractivity contribution in [2.75, 3.05) is 0 Å². The Morgan fingerprint density at radius 2 is 1.54 bits per heavy atom. The number of para-hydroxylation sites is 1. The van der Waals surface area contributed by atoms with Crippen molar-refractivity contribution in [2.45, 2.75) is 6.92 Å². The fraction of sp³-hybridized carbons (Fsp3) is 0.0833. The van der Waals surface area contributed by atoms with Crippen molar-refractivity contribution < 1.29 is 4.57 Å². The van der Waals surface area contributed by atoms with Crippen molar-refractivity contribution >= 4 is 0 Å². The predicted octanol–water partition coefficient (Wildman–Crippen LogP) is 2.27. The van der Waals surface area contributed by atoms with E-state index < -0.39 is 0 Å². The molecule has 2 aromatic rings. The first kappa shape index (κ1) is 7.99. The fourth-order valence-corrected chi connectivity index (χ4v) is 1.41. The molecule has 0 amide bonds. The summed E-state index contributed by atoms with van der Waals surface area (Å²) >= 11 is 0. The van der Waals surface area contributed by atoms with Crippen LogP contribution in [0, 0.1) is 6.92 Å². The summed E-state index contributed by atoms with van der Waals surface area (Å²) in [5.74, 6) is 0. The maximum absolute atomic E-state index is 2.12. The first-order valence-electron chi connectivity index (χ1n) is 4.40. The molecule has 0 fully saturated rings. The van der Waals surface area contributed by atoms with Crippen LogP contribution in [-0.4, -0.2) is 0 Å². The van der Waals surface area contributed by atoms with Crippen LogP contribution in [0.1, 0.15) is 5.56 Å². The molecule has 1 aromatic carbocycles. The molecule has 1 aromatic heterocycles. The fourth-order valence-electron chi connectivity index (χ4n) is 1.41. The average Bonchev–Trinajstić information content (AvgIpc) is 2.20. The van der Waals surface area contributed by atoms with E-state index in [0.717, 1.165) is 0 Å². The summed E-state index contributed by atoms with van der Waals surface area (Å²) in [5, 5.41) is 0. The van der Waals surface area contributed by atoms with E-state index in [1.54, 1.807) is 0 Å². The third-order valence-electron chi connectivity index (χ3n) is 2.11. The van der Waals surface area contributed by atoms with E-state index in [9.17, 15) is 0 Å². The van der Waals surface area contributed by atoms with Crippen LogP contribution in [0.5, 0.6) is 0 Å². The number of pyridine rings is 1. The highest BCUT2D eigenvalue weighted by molar-refractivity contribution is 5.31. The summed E-state index contributed by atoms with van der Waals surface area (Å²) in [7, 11) is 0. The van der Waals surface area contributed by atoms with E-state index in [2.05, 4.69) is 48.1 Å². The quantitative estimate of drug-likeness (QED) is 0.578. The van der Waals surface area contributed by atoms with Gasteiger partial charge in [0.15, 0.2) is 12.4 Å². The van der Waals surface area contributed by atoms with E-state index in [0.29, 0.717) is 0 Å². The second-order valence-corrected chi connectivity index (χ2v) is 3.07. The Balaban J connectivity index is 2.54. The molecule has 0 spiro atoms. The maximum Gasteiger partial charge on any atom is 0.213 e. The van der Waals surface area contributed by atoms with Crippen LogP contribution < -0.4 is 4.57 Å². The Kier molecular flexibility index (Phi) is 2.09. The van der Waals surface area contributed by atoms with Crippen LogP contribution >= 0.6 is 0 Å². The van der Waals surface area contributed by atoms with Gasteiger partial charge in [-0.05, 0) is 6.92 Å². The minimum absolute atomic E-state index is 1.24. The van der Waals surface area contributed by atoms with E-state index in [1.165, 1.54) is 11.3 Å². The standard InChI is InChI=1S/C12H12N/c1-11-7-3-4-8-12(11)13-9-5-2-6-10-13/h2-10H,1H3/q+1. The highest BCUT2D eigenvalue weighted by atomic mass is 14.9. The molecule has 1 heteroatoms. The van der Waals surface area contributed by atoms with E-state index in [1.807, 2.05) is 18.2 Å². The number of benzene rings is 1. The van der Waals surface area contributed by atoms with Gasteiger partial charge in [0.1, 0.15) is 0 Å². The molecule has 0 aliphatic rings. The molecular formula is C12H12N+. The van der Waals surface area contributed by atoms with E-state index in [4.69, 9.17) is 0 Å². The summed E-state index contributed by atoms with van der Waals surface area (Å²) in [6.45, 7) is 2.12. The van der Waals surface area contributed by atoms with Gasteiger partial charge < -0.3 is 0 Å². The lowest BCUT2D eigenvalue weighted by Crippen LogP contribution is -2.29. The minimum atomic E-state index is 1.24. The average molecular weight is 170 g/mol. The molecule has 1 heterocycles. The molecule has 0 aliphatic heterocycles. The summed E-state index contributed by atoms with van der Waals surface area (Å²) in [4.78, 5) is 0. The molecule has 0 radical (unpaired) electrons.